The Bertz CT molecular complexity index is 528. The summed E-state index contributed by atoms with van der Waals surface area (Å²) in [5.41, 5.74) is 8.38. The lowest BCUT2D eigenvalue weighted by atomic mass is 10.0. The van der Waals surface area contributed by atoms with Gasteiger partial charge in [-0.3, -0.25) is 4.98 Å². The molecule has 112 valence electrons. The van der Waals surface area contributed by atoms with Crippen LogP contribution in [0.5, 0.6) is 0 Å². The van der Waals surface area contributed by atoms with Gasteiger partial charge in [0.15, 0.2) is 0 Å². The molecular formula is C17H21ClN2O. The van der Waals surface area contributed by atoms with Crippen LogP contribution in [-0.4, -0.2) is 17.6 Å². The molecule has 0 aliphatic rings. The van der Waals surface area contributed by atoms with Crippen molar-refractivity contribution in [3.63, 3.8) is 0 Å². The highest BCUT2D eigenvalue weighted by Gasteiger charge is 2.16. The van der Waals surface area contributed by atoms with Crippen LogP contribution in [0, 0.1) is 0 Å². The van der Waals surface area contributed by atoms with Gasteiger partial charge in [-0.1, -0.05) is 23.7 Å². The van der Waals surface area contributed by atoms with Gasteiger partial charge in [0.1, 0.15) is 0 Å². The first-order chi connectivity index (χ1) is 10.2. The summed E-state index contributed by atoms with van der Waals surface area (Å²) in [6, 6.07) is 11.7. The molecule has 0 aliphatic heterocycles. The van der Waals surface area contributed by atoms with Crippen molar-refractivity contribution in [2.45, 2.75) is 31.9 Å². The van der Waals surface area contributed by atoms with Crippen LogP contribution in [0.2, 0.25) is 5.02 Å². The number of hydrogen-bond donors (Lipinski definition) is 1. The van der Waals surface area contributed by atoms with E-state index in [4.69, 9.17) is 22.1 Å². The maximum absolute atomic E-state index is 6.03. The molecule has 4 heteroatoms. The van der Waals surface area contributed by atoms with Crippen LogP contribution in [0.15, 0.2) is 48.8 Å². The average Bonchev–Trinajstić information content (AvgIpc) is 2.49. The van der Waals surface area contributed by atoms with E-state index in [1.807, 2.05) is 55.7 Å². The van der Waals surface area contributed by atoms with Crippen molar-refractivity contribution >= 4 is 11.6 Å². The number of benzene rings is 1. The smallest absolute Gasteiger partial charge is 0.0972 e. The van der Waals surface area contributed by atoms with Gasteiger partial charge in [0.25, 0.3) is 0 Å². The fourth-order valence-electron chi connectivity index (χ4n) is 2.24. The molecule has 1 aromatic heterocycles. The van der Waals surface area contributed by atoms with E-state index >= 15 is 0 Å². The quantitative estimate of drug-likeness (QED) is 0.792. The molecule has 3 nitrogen and oxygen atoms in total. The second-order valence-corrected chi connectivity index (χ2v) is 5.60. The van der Waals surface area contributed by atoms with Gasteiger partial charge >= 0.3 is 0 Å². The third-order valence-electron chi connectivity index (χ3n) is 3.33. The number of nitrogens with two attached hydrogens (primary N) is 1. The summed E-state index contributed by atoms with van der Waals surface area (Å²) in [7, 11) is 0. The number of rotatable bonds is 7. The minimum Gasteiger partial charge on any atom is -0.372 e. The molecule has 0 fully saturated rings. The van der Waals surface area contributed by atoms with Crippen molar-refractivity contribution in [3.8, 4) is 0 Å². The molecule has 1 aromatic carbocycles. The molecule has 0 radical (unpaired) electrons. The van der Waals surface area contributed by atoms with Crippen LogP contribution in [-0.2, 0) is 11.2 Å². The summed E-state index contributed by atoms with van der Waals surface area (Å²) in [5, 5.41) is 0.722. The summed E-state index contributed by atoms with van der Waals surface area (Å²) in [4.78, 5) is 4.01. The average molecular weight is 305 g/mol. The van der Waals surface area contributed by atoms with E-state index in [0.29, 0.717) is 6.61 Å². The van der Waals surface area contributed by atoms with E-state index in [1.165, 1.54) is 5.56 Å². The lowest BCUT2D eigenvalue weighted by molar-refractivity contribution is 0.0370. The standard InChI is InChI=1S/C17H21ClN2O/c1-13(19)17(15-4-6-16(18)7-5-15)21-12-2-3-14-8-10-20-11-9-14/h4-11,13,17H,2-3,12,19H2,1H3. The molecule has 0 amide bonds. The topological polar surface area (TPSA) is 48.1 Å². The fourth-order valence-corrected chi connectivity index (χ4v) is 2.37. The van der Waals surface area contributed by atoms with Gasteiger partial charge in [-0.2, -0.15) is 0 Å². The summed E-state index contributed by atoms with van der Waals surface area (Å²) in [6.45, 7) is 2.64. The number of aryl methyl sites for hydroxylation is 1. The van der Waals surface area contributed by atoms with Gasteiger partial charge < -0.3 is 10.5 Å². The van der Waals surface area contributed by atoms with Crippen LogP contribution in [0.1, 0.15) is 30.6 Å². The molecule has 0 bridgehead atoms. The second-order valence-electron chi connectivity index (χ2n) is 5.16. The van der Waals surface area contributed by atoms with Gasteiger partial charge in [0.05, 0.1) is 6.10 Å². The molecule has 0 spiro atoms. The van der Waals surface area contributed by atoms with Gasteiger partial charge in [-0.25, -0.2) is 0 Å². The highest BCUT2D eigenvalue weighted by Crippen LogP contribution is 2.22. The van der Waals surface area contributed by atoms with Gasteiger partial charge in [-0.05, 0) is 55.2 Å². The first-order valence-corrected chi connectivity index (χ1v) is 7.56. The molecule has 0 saturated heterocycles. The van der Waals surface area contributed by atoms with E-state index in [9.17, 15) is 0 Å². The van der Waals surface area contributed by atoms with Crippen LogP contribution < -0.4 is 5.73 Å². The van der Waals surface area contributed by atoms with Crippen molar-refractivity contribution in [2.24, 2.45) is 5.73 Å². The molecule has 2 N–H and O–H groups in total. The lowest BCUT2D eigenvalue weighted by Crippen LogP contribution is -2.27. The maximum atomic E-state index is 6.03. The van der Waals surface area contributed by atoms with Gasteiger partial charge in [0, 0.05) is 30.1 Å². The number of nitrogens with zero attached hydrogens (tertiary/aromatic N) is 1. The third-order valence-corrected chi connectivity index (χ3v) is 3.58. The zero-order chi connectivity index (χ0) is 15.1. The van der Waals surface area contributed by atoms with Crippen LogP contribution in [0.3, 0.4) is 0 Å². The first-order valence-electron chi connectivity index (χ1n) is 7.18. The minimum absolute atomic E-state index is 0.0629. The Morgan fingerprint density at radius 3 is 2.43 bits per heavy atom. The monoisotopic (exact) mass is 304 g/mol. The second kappa shape index (κ2) is 8.13. The van der Waals surface area contributed by atoms with Crippen molar-refractivity contribution in [1.82, 2.24) is 4.98 Å². The molecule has 0 saturated carbocycles. The van der Waals surface area contributed by atoms with Crippen molar-refractivity contribution in [1.29, 1.82) is 0 Å². The SMILES string of the molecule is CC(N)C(OCCCc1ccncc1)c1ccc(Cl)cc1. The number of pyridine rings is 1. The summed E-state index contributed by atoms with van der Waals surface area (Å²) in [6.07, 6.45) is 5.47. The minimum atomic E-state index is -0.0975. The zero-order valence-electron chi connectivity index (χ0n) is 12.2. The zero-order valence-corrected chi connectivity index (χ0v) is 13.0. The molecular weight excluding hydrogens is 284 g/mol. The Kier molecular flexibility index (Phi) is 6.18. The Labute approximate surface area is 131 Å². The molecule has 21 heavy (non-hydrogen) atoms. The largest absolute Gasteiger partial charge is 0.372 e. The van der Waals surface area contributed by atoms with E-state index in [-0.39, 0.29) is 12.1 Å². The van der Waals surface area contributed by atoms with E-state index in [2.05, 4.69) is 4.98 Å². The molecule has 0 aliphatic carbocycles. The lowest BCUT2D eigenvalue weighted by Gasteiger charge is -2.22. The Balaban J connectivity index is 1.85. The van der Waals surface area contributed by atoms with Gasteiger partial charge in [0.2, 0.25) is 0 Å². The molecule has 2 aromatic rings. The van der Waals surface area contributed by atoms with Crippen molar-refractivity contribution < 1.29 is 4.74 Å². The normalized spacial score (nSPS) is 13.9. The first kappa shape index (κ1) is 16.0. The Hall–Kier alpha value is -1.42. The van der Waals surface area contributed by atoms with Gasteiger partial charge in [-0.15, -0.1) is 0 Å². The maximum Gasteiger partial charge on any atom is 0.0972 e. The number of aromatic nitrogens is 1. The van der Waals surface area contributed by atoms with E-state index in [1.54, 1.807) is 0 Å². The predicted octanol–water partition coefficient (Wildman–Crippen LogP) is 3.77. The van der Waals surface area contributed by atoms with Crippen LogP contribution >= 0.6 is 11.6 Å². The number of ether oxygens (including phenoxy) is 1. The molecule has 2 rings (SSSR count). The van der Waals surface area contributed by atoms with E-state index in [0.717, 1.165) is 23.4 Å². The van der Waals surface area contributed by atoms with Crippen molar-refractivity contribution in [3.05, 3.63) is 64.9 Å². The number of halogens is 1. The molecule has 2 atom stereocenters. The van der Waals surface area contributed by atoms with Crippen molar-refractivity contribution in [2.75, 3.05) is 6.61 Å². The highest BCUT2D eigenvalue weighted by atomic mass is 35.5. The fraction of sp³-hybridized carbons (Fsp3) is 0.353. The summed E-state index contributed by atoms with van der Waals surface area (Å²) in [5.74, 6) is 0. The van der Waals surface area contributed by atoms with Crippen LogP contribution in [0.25, 0.3) is 0 Å². The van der Waals surface area contributed by atoms with E-state index < -0.39 is 0 Å². The molecule has 1 heterocycles. The Morgan fingerprint density at radius 2 is 1.81 bits per heavy atom. The Morgan fingerprint density at radius 1 is 1.14 bits per heavy atom. The number of hydrogen-bond acceptors (Lipinski definition) is 3. The van der Waals surface area contributed by atoms with Crippen LogP contribution in [0.4, 0.5) is 0 Å². The third kappa shape index (κ3) is 5.12. The summed E-state index contributed by atoms with van der Waals surface area (Å²) < 4.78 is 5.97. The summed E-state index contributed by atoms with van der Waals surface area (Å²) >= 11 is 5.91. The highest BCUT2D eigenvalue weighted by molar-refractivity contribution is 6.30. The predicted molar refractivity (Wildman–Crippen MR) is 86.4 cm³/mol. The molecule has 2 unspecified atom stereocenters.